The fourth-order valence-corrected chi connectivity index (χ4v) is 2.51. The van der Waals surface area contributed by atoms with Gasteiger partial charge in [0.2, 0.25) is 11.8 Å². The molecule has 0 aliphatic carbocycles. The molecule has 0 amide bonds. The van der Waals surface area contributed by atoms with E-state index in [9.17, 15) is 14.0 Å². The van der Waals surface area contributed by atoms with Crippen molar-refractivity contribution in [3.05, 3.63) is 43.7 Å². The molecule has 0 bridgehead atoms. The van der Waals surface area contributed by atoms with Gasteiger partial charge in [-0.05, 0) is 12.1 Å². The number of rotatable bonds is 5. The van der Waals surface area contributed by atoms with E-state index in [1.807, 2.05) is 0 Å². The fraction of sp³-hybridized carbons (Fsp3) is 0.133. The van der Waals surface area contributed by atoms with Crippen LogP contribution in [0.15, 0.2) is 12.1 Å². The van der Waals surface area contributed by atoms with Gasteiger partial charge in [-0.25, -0.2) is 9.59 Å². The van der Waals surface area contributed by atoms with Crippen molar-refractivity contribution in [3.8, 4) is 11.6 Å². The van der Waals surface area contributed by atoms with Gasteiger partial charge in [0.15, 0.2) is 12.4 Å². The Labute approximate surface area is 177 Å². The first-order valence-corrected chi connectivity index (χ1v) is 8.42. The SMILES string of the molecule is COc1c(Cl)ccc(Cl)c1C(=O)O.Nc1c(Cl)c(F)nc(OCC(=O)O)c1Cl. The Bertz CT molecular complexity index is 913. The van der Waals surface area contributed by atoms with E-state index >= 15 is 0 Å². The first kappa shape index (κ1) is 23.8. The Morgan fingerprint density at radius 1 is 1.14 bits per heavy atom. The molecule has 2 rings (SSSR count). The van der Waals surface area contributed by atoms with Crippen molar-refractivity contribution in [2.45, 2.75) is 0 Å². The Morgan fingerprint density at radius 3 is 2.18 bits per heavy atom. The largest absolute Gasteiger partial charge is 0.494 e. The van der Waals surface area contributed by atoms with E-state index < -0.39 is 35.4 Å². The van der Waals surface area contributed by atoms with Gasteiger partial charge in [0.1, 0.15) is 15.6 Å². The van der Waals surface area contributed by atoms with Crippen LogP contribution in [0.2, 0.25) is 20.1 Å². The van der Waals surface area contributed by atoms with E-state index in [4.69, 9.17) is 67.1 Å². The average Bonchev–Trinajstić information content (AvgIpc) is 2.63. The molecule has 0 aliphatic heterocycles. The highest BCUT2D eigenvalue weighted by molar-refractivity contribution is 6.39. The molecule has 0 saturated heterocycles. The number of pyridine rings is 1. The molecular weight excluding hydrogens is 465 g/mol. The van der Waals surface area contributed by atoms with Gasteiger partial charge in [0.25, 0.3) is 0 Å². The lowest BCUT2D eigenvalue weighted by Crippen LogP contribution is -2.11. The molecule has 4 N–H and O–H groups in total. The second kappa shape index (κ2) is 10.4. The monoisotopic (exact) mass is 474 g/mol. The summed E-state index contributed by atoms with van der Waals surface area (Å²) in [4.78, 5) is 24.1. The van der Waals surface area contributed by atoms with Crippen molar-refractivity contribution in [1.29, 1.82) is 0 Å². The number of aromatic carboxylic acids is 1. The number of nitrogens with zero attached hydrogens (tertiary/aromatic N) is 1. The molecule has 0 radical (unpaired) electrons. The molecule has 1 aromatic heterocycles. The number of carboxylic acid groups (broad SMARTS) is 2. The standard InChI is InChI=1S/C8H6Cl2O3.C7H5Cl2FN2O3/c1-13-7-5(10)3-2-4(9)6(7)8(11)12;8-3-5(11)4(9)7(12-6(3)10)15-1-2(13)14/h2-3H,1H3,(H,11,12);1H2,(H2,11,12)(H,13,14). The number of halogens is 5. The zero-order valence-electron chi connectivity index (χ0n) is 13.8. The molecule has 152 valence electrons. The smallest absolute Gasteiger partial charge is 0.341 e. The molecule has 0 fully saturated rings. The van der Waals surface area contributed by atoms with Crippen molar-refractivity contribution >= 4 is 64.0 Å². The normalized spacial score (nSPS) is 9.93. The lowest BCUT2D eigenvalue weighted by Gasteiger charge is -2.07. The molecule has 0 spiro atoms. The molecule has 1 aromatic carbocycles. The van der Waals surface area contributed by atoms with E-state index in [1.165, 1.54) is 19.2 Å². The first-order valence-electron chi connectivity index (χ1n) is 6.91. The Balaban J connectivity index is 0.000000283. The highest BCUT2D eigenvalue weighted by Crippen LogP contribution is 2.35. The van der Waals surface area contributed by atoms with Crippen molar-refractivity contribution in [1.82, 2.24) is 4.98 Å². The number of carboxylic acids is 2. The minimum absolute atomic E-state index is 0.0849. The first-order chi connectivity index (χ1) is 13.0. The third kappa shape index (κ3) is 5.90. The number of anilines is 1. The highest BCUT2D eigenvalue weighted by Gasteiger charge is 2.18. The van der Waals surface area contributed by atoms with Crippen LogP contribution < -0.4 is 15.2 Å². The van der Waals surface area contributed by atoms with Crippen LogP contribution in [0, 0.1) is 5.95 Å². The van der Waals surface area contributed by atoms with Crippen LogP contribution in [0.25, 0.3) is 0 Å². The van der Waals surface area contributed by atoms with Crippen molar-refractivity contribution in [3.63, 3.8) is 0 Å². The van der Waals surface area contributed by atoms with Crippen LogP contribution in [-0.4, -0.2) is 40.9 Å². The van der Waals surface area contributed by atoms with E-state index in [0.717, 1.165) is 0 Å². The van der Waals surface area contributed by atoms with Crippen LogP contribution >= 0.6 is 46.4 Å². The van der Waals surface area contributed by atoms with Crippen LogP contribution in [0.3, 0.4) is 0 Å². The van der Waals surface area contributed by atoms with Gasteiger partial charge < -0.3 is 25.4 Å². The van der Waals surface area contributed by atoms with Gasteiger partial charge in [0, 0.05) is 0 Å². The van der Waals surface area contributed by atoms with Gasteiger partial charge in [-0.15, -0.1) is 0 Å². The number of ether oxygens (including phenoxy) is 2. The number of hydrogen-bond acceptors (Lipinski definition) is 6. The van der Waals surface area contributed by atoms with Crippen molar-refractivity contribution < 1.29 is 33.7 Å². The summed E-state index contributed by atoms with van der Waals surface area (Å²) < 4.78 is 22.4. The number of benzene rings is 1. The molecule has 1 heterocycles. The predicted molar refractivity (Wildman–Crippen MR) is 102 cm³/mol. The van der Waals surface area contributed by atoms with Gasteiger partial charge in [-0.3, -0.25) is 0 Å². The summed E-state index contributed by atoms with van der Waals surface area (Å²) in [6, 6.07) is 2.89. The number of carbonyl (C=O) groups is 2. The number of nitrogen functional groups attached to an aromatic ring is 1. The molecule has 8 nitrogen and oxygen atoms in total. The zero-order chi connectivity index (χ0) is 21.6. The molecule has 13 heteroatoms. The summed E-state index contributed by atoms with van der Waals surface area (Å²) in [6.45, 7) is -0.701. The topological polar surface area (TPSA) is 132 Å². The van der Waals surface area contributed by atoms with Gasteiger partial charge in [-0.2, -0.15) is 9.37 Å². The lowest BCUT2D eigenvalue weighted by atomic mass is 10.2. The van der Waals surface area contributed by atoms with Gasteiger partial charge in [-0.1, -0.05) is 46.4 Å². The fourth-order valence-electron chi connectivity index (χ4n) is 1.67. The summed E-state index contributed by atoms with van der Waals surface area (Å²) in [5.74, 6) is -3.80. The van der Waals surface area contributed by atoms with E-state index in [-0.39, 0.29) is 32.1 Å². The van der Waals surface area contributed by atoms with Crippen LogP contribution in [0.5, 0.6) is 11.6 Å². The summed E-state index contributed by atoms with van der Waals surface area (Å²) in [7, 11) is 1.34. The molecule has 28 heavy (non-hydrogen) atoms. The Hall–Kier alpha value is -2.20. The number of aromatic nitrogens is 1. The van der Waals surface area contributed by atoms with Crippen LogP contribution in [0.4, 0.5) is 10.1 Å². The molecule has 0 unspecified atom stereocenters. The van der Waals surface area contributed by atoms with Crippen LogP contribution in [0.1, 0.15) is 10.4 Å². The summed E-state index contributed by atoms with van der Waals surface area (Å²) in [5.41, 5.74) is 4.96. The zero-order valence-corrected chi connectivity index (χ0v) is 16.8. The van der Waals surface area contributed by atoms with Gasteiger partial charge >= 0.3 is 11.9 Å². The number of aliphatic carboxylic acids is 1. The second-order valence-electron chi connectivity index (χ2n) is 4.67. The van der Waals surface area contributed by atoms with Gasteiger partial charge in [0.05, 0.1) is 22.8 Å². The van der Waals surface area contributed by atoms with Crippen molar-refractivity contribution in [2.24, 2.45) is 0 Å². The minimum Gasteiger partial charge on any atom is -0.494 e. The number of methoxy groups -OCH3 is 1. The van der Waals surface area contributed by atoms with E-state index in [0.29, 0.717) is 0 Å². The van der Waals surface area contributed by atoms with Crippen molar-refractivity contribution in [2.75, 3.05) is 19.5 Å². The van der Waals surface area contributed by atoms with E-state index in [1.54, 1.807) is 0 Å². The lowest BCUT2D eigenvalue weighted by molar-refractivity contribution is -0.139. The third-order valence-electron chi connectivity index (χ3n) is 2.85. The Kier molecular flexibility index (Phi) is 8.83. The molecule has 0 aliphatic rings. The summed E-state index contributed by atoms with van der Waals surface area (Å²) in [5, 5.41) is 16.8. The summed E-state index contributed by atoms with van der Waals surface area (Å²) in [6.07, 6.45) is 0. The maximum Gasteiger partial charge on any atom is 0.341 e. The molecule has 0 saturated carbocycles. The minimum atomic E-state index is -1.25. The number of nitrogens with two attached hydrogens (primary N) is 1. The van der Waals surface area contributed by atoms with Crippen LogP contribution in [-0.2, 0) is 4.79 Å². The maximum atomic E-state index is 12.9. The molecule has 2 aromatic rings. The Morgan fingerprint density at radius 2 is 1.71 bits per heavy atom. The second-order valence-corrected chi connectivity index (χ2v) is 6.24. The predicted octanol–water partition coefficient (Wildman–Crippen LogP) is 4.27. The molecular formula is C15H11Cl4FN2O6. The molecule has 0 atom stereocenters. The van der Waals surface area contributed by atoms with E-state index in [2.05, 4.69) is 9.72 Å². The number of hydrogen-bond donors (Lipinski definition) is 3. The third-order valence-corrected chi connectivity index (χ3v) is 4.19. The summed E-state index contributed by atoms with van der Waals surface area (Å²) >= 11 is 22.4. The quantitative estimate of drug-likeness (QED) is 0.546. The maximum absolute atomic E-state index is 12.9. The average molecular weight is 476 g/mol. The highest BCUT2D eigenvalue weighted by atomic mass is 35.5.